The second-order valence-corrected chi connectivity index (χ2v) is 9.91. The van der Waals surface area contributed by atoms with Crippen LogP contribution in [0.4, 0.5) is 0 Å². The molecule has 3 aromatic carbocycles. The molecular weight excluding hydrogens is 546 g/mol. The van der Waals surface area contributed by atoms with Crippen LogP contribution in [0.2, 0.25) is 0 Å². The molecule has 33 heavy (non-hydrogen) atoms. The second-order valence-electron chi connectivity index (χ2n) is 8.20. The topological polar surface area (TPSA) is 47.9 Å². The molecule has 0 N–H and O–H groups in total. The molecule has 0 saturated heterocycles. The minimum absolute atomic E-state index is 0.255. The first kappa shape index (κ1) is 23.5. The fourth-order valence-corrected chi connectivity index (χ4v) is 4.79. The fraction of sp³-hybridized carbons (Fsp3) is 0.185. The van der Waals surface area contributed by atoms with Crippen molar-refractivity contribution in [3.05, 3.63) is 103 Å². The Morgan fingerprint density at radius 3 is 2.24 bits per heavy atom. The molecule has 168 valence electrons. The van der Waals surface area contributed by atoms with E-state index in [1.54, 1.807) is 6.08 Å². The number of hydrogen-bond acceptors (Lipinski definition) is 4. The maximum atomic E-state index is 12.4. The number of cyclic esters (lactones) is 1. The highest BCUT2D eigenvalue weighted by Gasteiger charge is 2.24. The largest absolute Gasteiger partial charge is 0.487 e. The Bertz CT molecular complexity index is 1220. The number of carbonyl (C=O) groups excluding carboxylic acids is 1. The Morgan fingerprint density at radius 2 is 1.64 bits per heavy atom. The van der Waals surface area contributed by atoms with Crippen LogP contribution in [0.15, 0.2) is 80.3 Å². The van der Waals surface area contributed by atoms with Gasteiger partial charge in [0.05, 0.1) is 8.95 Å². The van der Waals surface area contributed by atoms with Crippen LogP contribution in [0.25, 0.3) is 6.08 Å². The lowest BCUT2D eigenvalue weighted by molar-refractivity contribution is -0.129. The maximum Gasteiger partial charge on any atom is 0.363 e. The van der Waals surface area contributed by atoms with Crippen molar-refractivity contribution < 1.29 is 14.3 Å². The number of esters is 1. The summed E-state index contributed by atoms with van der Waals surface area (Å²) in [5.74, 6) is 0.979. The van der Waals surface area contributed by atoms with Gasteiger partial charge in [-0.15, -0.1) is 0 Å². The summed E-state index contributed by atoms with van der Waals surface area (Å²) >= 11 is 7.16. The molecule has 1 heterocycles. The van der Waals surface area contributed by atoms with Gasteiger partial charge in [-0.05, 0) is 91.7 Å². The van der Waals surface area contributed by atoms with E-state index in [9.17, 15) is 4.79 Å². The Kier molecular flexibility index (Phi) is 7.15. The van der Waals surface area contributed by atoms with Crippen molar-refractivity contribution in [1.29, 1.82) is 0 Å². The Labute approximate surface area is 210 Å². The van der Waals surface area contributed by atoms with Crippen molar-refractivity contribution in [3.8, 4) is 5.75 Å². The van der Waals surface area contributed by atoms with E-state index in [-0.39, 0.29) is 5.70 Å². The van der Waals surface area contributed by atoms with E-state index in [1.165, 1.54) is 11.1 Å². The third kappa shape index (κ3) is 5.63. The number of carbonyl (C=O) groups is 1. The lowest BCUT2D eigenvalue weighted by Crippen LogP contribution is -2.05. The van der Waals surface area contributed by atoms with E-state index < -0.39 is 5.97 Å². The highest BCUT2D eigenvalue weighted by atomic mass is 79.9. The summed E-state index contributed by atoms with van der Waals surface area (Å²) in [5, 5.41) is 0. The van der Waals surface area contributed by atoms with Crippen LogP contribution >= 0.6 is 31.9 Å². The zero-order chi connectivity index (χ0) is 23.5. The summed E-state index contributed by atoms with van der Waals surface area (Å²) in [6.45, 7) is 6.78. The molecule has 0 saturated carbocycles. The summed E-state index contributed by atoms with van der Waals surface area (Å²) in [6.07, 6.45) is 1.71. The van der Waals surface area contributed by atoms with Crippen LogP contribution in [0.5, 0.6) is 5.75 Å². The number of halogens is 2. The number of ether oxygens (including phenoxy) is 2. The van der Waals surface area contributed by atoms with Crippen LogP contribution in [0, 0.1) is 6.92 Å². The van der Waals surface area contributed by atoms with Gasteiger partial charge in [-0.1, -0.05) is 55.8 Å². The van der Waals surface area contributed by atoms with Gasteiger partial charge in [0.25, 0.3) is 0 Å². The maximum absolute atomic E-state index is 12.4. The minimum Gasteiger partial charge on any atom is -0.487 e. The predicted molar refractivity (Wildman–Crippen MR) is 138 cm³/mol. The molecular formula is C27H23Br2NO3. The third-order valence-corrected chi connectivity index (χ3v) is 6.45. The third-order valence-electron chi connectivity index (χ3n) is 5.27. The smallest absolute Gasteiger partial charge is 0.363 e. The number of aryl methyl sites for hydroxylation is 1. The normalized spacial score (nSPS) is 14.5. The molecule has 4 nitrogen and oxygen atoms in total. The SMILES string of the molecule is Cc1ccc(COc2c(Br)cc(/C=C3\N=C(c4ccc(C(C)C)cc4)OC3=O)cc2Br)cc1. The highest BCUT2D eigenvalue weighted by Crippen LogP contribution is 2.36. The molecule has 1 aliphatic heterocycles. The van der Waals surface area contributed by atoms with Crippen LogP contribution in [-0.4, -0.2) is 11.9 Å². The van der Waals surface area contributed by atoms with E-state index in [0.29, 0.717) is 24.2 Å². The van der Waals surface area contributed by atoms with Crippen LogP contribution < -0.4 is 4.74 Å². The standard InChI is InChI=1S/C27H23Br2NO3/c1-16(2)20-8-10-21(11-9-20)26-30-24(27(31)33-26)14-19-12-22(28)25(23(29)13-19)32-15-18-6-4-17(3)5-7-18/h4-14,16H,15H2,1-3H3/b24-14-. The average Bonchev–Trinajstić information content (AvgIpc) is 3.14. The number of hydrogen-bond donors (Lipinski definition) is 0. The van der Waals surface area contributed by atoms with Crippen molar-refractivity contribution in [2.45, 2.75) is 33.3 Å². The van der Waals surface area contributed by atoms with E-state index in [0.717, 1.165) is 25.6 Å². The number of rotatable bonds is 6. The van der Waals surface area contributed by atoms with Gasteiger partial charge in [-0.25, -0.2) is 9.79 Å². The highest BCUT2D eigenvalue weighted by molar-refractivity contribution is 9.11. The molecule has 1 aliphatic rings. The zero-order valence-electron chi connectivity index (χ0n) is 18.6. The van der Waals surface area contributed by atoms with Crippen molar-refractivity contribution in [2.24, 2.45) is 4.99 Å². The van der Waals surface area contributed by atoms with Gasteiger partial charge in [-0.3, -0.25) is 0 Å². The minimum atomic E-state index is -0.468. The summed E-state index contributed by atoms with van der Waals surface area (Å²) in [6, 6.07) is 19.9. The first-order chi connectivity index (χ1) is 15.8. The number of aliphatic imine (C=N–C) groups is 1. The van der Waals surface area contributed by atoms with Gasteiger partial charge in [0.1, 0.15) is 12.4 Å². The van der Waals surface area contributed by atoms with Crippen LogP contribution in [-0.2, 0) is 16.1 Å². The van der Waals surface area contributed by atoms with Crippen molar-refractivity contribution in [2.75, 3.05) is 0 Å². The van der Waals surface area contributed by atoms with E-state index >= 15 is 0 Å². The quantitative estimate of drug-likeness (QED) is 0.227. The van der Waals surface area contributed by atoms with Crippen molar-refractivity contribution >= 4 is 49.8 Å². The molecule has 0 aliphatic carbocycles. The first-order valence-corrected chi connectivity index (χ1v) is 12.2. The van der Waals surface area contributed by atoms with Gasteiger partial charge in [0, 0.05) is 5.56 Å². The number of benzene rings is 3. The Morgan fingerprint density at radius 1 is 1.00 bits per heavy atom. The molecule has 0 fully saturated rings. The van der Waals surface area contributed by atoms with Gasteiger partial charge >= 0.3 is 5.97 Å². The molecule has 6 heteroatoms. The van der Waals surface area contributed by atoms with Crippen molar-refractivity contribution in [1.82, 2.24) is 0 Å². The predicted octanol–water partition coefficient (Wildman–Crippen LogP) is 7.57. The molecule has 0 unspecified atom stereocenters. The molecule has 4 rings (SSSR count). The summed E-state index contributed by atoms with van der Waals surface area (Å²) in [4.78, 5) is 16.8. The number of nitrogens with zero attached hydrogens (tertiary/aromatic N) is 1. The molecule has 0 spiro atoms. The van der Waals surface area contributed by atoms with E-state index in [2.05, 4.69) is 69.8 Å². The lowest BCUT2D eigenvalue weighted by Gasteiger charge is -2.11. The van der Waals surface area contributed by atoms with Gasteiger partial charge < -0.3 is 9.47 Å². The monoisotopic (exact) mass is 567 g/mol. The summed E-state index contributed by atoms with van der Waals surface area (Å²) in [7, 11) is 0. The lowest BCUT2D eigenvalue weighted by atomic mass is 10.0. The summed E-state index contributed by atoms with van der Waals surface area (Å²) in [5.41, 5.74) is 5.34. The molecule has 0 aromatic heterocycles. The van der Waals surface area contributed by atoms with E-state index in [4.69, 9.17) is 9.47 Å². The molecule has 0 bridgehead atoms. The molecule has 3 aromatic rings. The Balaban J connectivity index is 1.53. The second kappa shape index (κ2) is 10.1. The van der Waals surface area contributed by atoms with E-state index in [1.807, 2.05) is 48.5 Å². The first-order valence-electron chi connectivity index (χ1n) is 10.6. The molecule has 0 amide bonds. The summed E-state index contributed by atoms with van der Waals surface area (Å²) < 4.78 is 13.0. The van der Waals surface area contributed by atoms with Crippen LogP contribution in [0.1, 0.15) is 47.6 Å². The van der Waals surface area contributed by atoms with Gasteiger partial charge in [-0.2, -0.15) is 0 Å². The van der Waals surface area contributed by atoms with Crippen molar-refractivity contribution in [3.63, 3.8) is 0 Å². The average molecular weight is 569 g/mol. The van der Waals surface area contributed by atoms with Gasteiger partial charge in [0.2, 0.25) is 5.90 Å². The van der Waals surface area contributed by atoms with Crippen LogP contribution in [0.3, 0.4) is 0 Å². The molecule has 0 radical (unpaired) electrons. The fourth-order valence-electron chi connectivity index (χ4n) is 3.34. The molecule has 0 atom stereocenters. The zero-order valence-corrected chi connectivity index (χ0v) is 21.7. The Hall–Kier alpha value is -2.70. The van der Waals surface area contributed by atoms with Gasteiger partial charge in [0.15, 0.2) is 5.70 Å².